The Kier molecular flexibility index (Phi) is 4.81. The predicted octanol–water partition coefficient (Wildman–Crippen LogP) is 3.76. The van der Waals surface area contributed by atoms with E-state index >= 15 is 0 Å². The summed E-state index contributed by atoms with van der Waals surface area (Å²) in [5.74, 6) is 0.272. The molecule has 0 aliphatic carbocycles. The first-order valence-corrected chi connectivity index (χ1v) is 7.30. The van der Waals surface area contributed by atoms with Crippen LogP contribution < -0.4 is 0 Å². The van der Waals surface area contributed by atoms with Crippen molar-refractivity contribution in [2.75, 3.05) is 12.4 Å². The van der Waals surface area contributed by atoms with Crippen molar-refractivity contribution in [3.05, 3.63) is 35.1 Å². The van der Waals surface area contributed by atoms with E-state index in [1.54, 1.807) is 13.0 Å². The summed E-state index contributed by atoms with van der Waals surface area (Å²) >= 11 is 5.82. The van der Waals surface area contributed by atoms with E-state index in [1.165, 1.54) is 12.1 Å². The van der Waals surface area contributed by atoms with Crippen molar-refractivity contribution >= 4 is 17.5 Å². The zero-order chi connectivity index (χ0) is 13.8. The minimum atomic E-state index is -0.301. The van der Waals surface area contributed by atoms with Crippen LogP contribution in [0.1, 0.15) is 41.6 Å². The number of hydrogen-bond donors (Lipinski definition) is 0. The monoisotopic (exact) mass is 283 g/mol. The number of hydrogen-bond acceptors (Lipinski definition) is 1. The van der Waals surface area contributed by atoms with Crippen molar-refractivity contribution in [3.8, 4) is 0 Å². The van der Waals surface area contributed by atoms with Gasteiger partial charge in [0.15, 0.2) is 0 Å². The summed E-state index contributed by atoms with van der Waals surface area (Å²) in [6.45, 7) is 2.55. The van der Waals surface area contributed by atoms with Gasteiger partial charge in [0.2, 0.25) is 0 Å². The second kappa shape index (κ2) is 6.38. The molecule has 1 aromatic rings. The molecule has 0 bridgehead atoms. The molecule has 1 fully saturated rings. The molecule has 0 radical (unpaired) electrons. The predicted molar refractivity (Wildman–Crippen MR) is 75.1 cm³/mol. The topological polar surface area (TPSA) is 20.3 Å². The summed E-state index contributed by atoms with van der Waals surface area (Å²) in [7, 11) is 0. The number of halogens is 2. The maximum atomic E-state index is 13.1. The third-order valence-corrected chi connectivity index (χ3v) is 3.97. The van der Waals surface area contributed by atoms with Gasteiger partial charge in [0, 0.05) is 24.0 Å². The van der Waals surface area contributed by atoms with E-state index in [0.29, 0.717) is 17.0 Å². The van der Waals surface area contributed by atoms with Crippen LogP contribution in [-0.2, 0) is 0 Å². The van der Waals surface area contributed by atoms with Gasteiger partial charge in [-0.05, 0) is 56.4 Å². The number of benzene rings is 1. The van der Waals surface area contributed by atoms with E-state index in [2.05, 4.69) is 0 Å². The van der Waals surface area contributed by atoms with Gasteiger partial charge in [-0.15, -0.1) is 11.6 Å². The molecule has 0 saturated carbocycles. The molecule has 1 heterocycles. The van der Waals surface area contributed by atoms with Crippen molar-refractivity contribution in [3.63, 3.8) is 0 Å². The SMILES string of the molecule is Cc1cc(F)ccc1C(=O)N1CCCCC1CCCl. The van der Waals surface area contributed by atoms with Crippen molar-refractivity contribution in [1.82, 2.24) is 4.90 Å². The molecule has 0 N–H and O–H groups in total. The fraction of sp³-hybridized carbons (Fsp3) is 0.533. The summed E-state index contributed by atoms with van der Waals surface area (Å²) in [6.07, 6.45) is 4.02. The first-order chi connectivity index (χ1) is 9.13. The highest BCUT2D eigenvalue weighted by Gasteiger charge is 2.27. The van der Waals surface area contributed by atoms with E-state index in [0.717, 1.165) is 32.2 Å². The highest BCUT2D eigenvalue weighted by Crippen LogP contribution is 2.23. The molecule has 1 aliphatic heterocycles. The molecule has 0 aromatic heterocycles. The van der Waals surface area contributed by atoms with Gasteiger partial charge in [0.1, 0.15) is 5.82 Å². The van der Waals surface area contributed by atoms with Gasteiger partial charge in [-0.25, -0.2) is 4.39 Å². The number of likely N-dealkylation sites (tertiary alicyclic amines) is 1. The van der Waals surface area contributed by atoms with Crippen molar-refractivity contribution in [2.24, 2.45) is 0 Å². The summed E-state index contributed by atoms with van der Waals surface area (Å²) in [4.78, 5) is 14.5. The van der Waals surface area contributed by atoms with Crippen LogP contribution in [0.3, 0.4) is 0 Å². The lowest BCUT2D eigenvalue weighted by atomic mass is 9.98. The molecule has 1 saturated heterocycles. The van der Waals surface area contributed by atoms with Gasteiger partial charge in [-0.1, -0.05) is 0 Å². The average Bonchev–Trinajstić information content (AvgIpc) is 2.39. The van der Waals surface area contributed by atoms with Crippen molar-refractivity contribution in [2.45, 2.75) is 38.6 Å². The lowest BCUT2D eigenvalue weighted by Crippen LogP contribution is -2.44. The summed E-state index contributed by atoms with van der Waals surface area (Å²) in [5, 5.41) is 0. The van der Waals surface area contributed by atoms with Gasteiger partial charge in [0.25, 0.3) is 5.91 Å². The number of carbonyl (C=O) groups excluding carboxylic acids is 1. The molecular formula is C15H19ClFNO. The van der Waals surface area contributed by atoms with Crippen LogP contribution in [-0.4, -0.2) is 29.3 Å². The van der Waals surface area contributed by atoms with Crippen LogP contribution in [0.5, 0.6) is 0 Å². The van der Waals surface area contributed by atoms with Crippen LogP contribution >= 0.6 is 11.6 Å². The molecule has 2 rings (SSSR count). The Morgan fingerprint density at radius 2 is 2.26 bits per heavy atom. The van der Waals surface area contributed by atoms with Gasteiger partial charge in [-0.3, -0.25) is 4.79 Å². The number of amides is 1. The van der Waals surface area contributed by atoms with E-state index < -0.39 is 0 Å². The highest BCUT2D eigenvalue weighted by atomic mass is 35.5. The number of aryl methyl sites for hydroxylation is 1. The zero-order valence-corrected chi connectivity index (χ0v) is 11.9. The normalized spacial score (nSPS) is 19.5. The molecule has 104 valence electrons. The quantitative estimate of drug-likeness (QED) is 0.774. The number of carbonyl (C=O) groups is 1. The Morgan fingerprint density at radius 3 is 2.95 bits per heavy atom. The molecule has 1 atom stereocenters. The minimum Gasteiger partial charge on any atom is -0.336 e. The molecule has 1 unspecified atom stereocenters. The Morgan fingerprint density at radius 1 is 1.47 bits per heavy atom. The molecule has 2 nitrogen and oxygen atoms in total. The summed E-state index contributed by atoms with van der Waals surface area (Å²) in [5.41, 5.74) is 1.29. The molecule has 1 amide bonds. The third kappa shape index (κ3) is 3.27. The van der Waals surface area contributed by atoms with Crippen LogP contribution in [0.15, 0.2) is 18.2 Å². The van der Waals surface area contributed by atoms with Gasteiger partial charge < -0.3 is 4.90 Å². The zero-order valence-electron chi connectivity index (χ0n) is 11.2. The largest absolute Gasteiger partial charge is 0.336 e. The molecular weight excluding hydrogens is 265 g/mol. The fourth-order valence-corrected chi connectivity index (χ4v) is 2.97. The molecule has 1 aliphatic rings. The van der Waals surface area contributed by atoms with E-state index in [-0.39, 0.29) is 17.8 Å². The van der Waals surface area contributed by atoms with Crippen LogP contribution in [0.2, 0.25) is 0 Å². The molecule has 4 heteroatoms. The van der Waals surface area contributed by atoms with Crippen LogP contribution in [0, 0.1) is 12.7 Å². The second-order valence-corrected chi connectivity index (χ2v) is 5.46. The summed E-state index contributed by atoms with van der Waals surface area (Å²) in [6, 6.07) is 4.57. The lowest BCUT2D eigenvalue weighted by molar-refractivity contribution is 0.0608. The molecule has 19 heavy (non-hydrogen) atoms. The van der Waals surface area contributed by atoms with Crippen molar-refractivity contribution < 1.29 is 9.18 Å². The van der Waals surface area contributed by atoms with E-state index in [1.807, 2.05) is 4.90 Å². The summed E-state index contributed by atoms with van der Waals surface area (Å²) < 4.78 is 13.1. The molecule has 1 aromatic carbocycles. The number of nitrogens with zero attached hydrogens (tertiary/aromatic N) is 1. The highest BCUT2D eigenvalue weighted by molar-refractivity contribution is 6.17. The Bertz CT molecular complexity index is 461. The Labute approximate surface area is 118 Å². The van der Waals surface area contributed by atoms with Crippen molar-refractivity contribution in [1.29, 1.82) is 0 Å². The number of piperidine rings is 1. The Balaban J connectivity index is 2.21. The standard InChI is InChI=1S/C15H19ClFNO/c1-11-10-12(17)5-6-14(11)15(19)18-9-3-2-4-13(18)7-8-16/h5-6,10,13H,2-4,7-9H2,1H3. The van der Waals surface area contributed by atoms with E-state index in [4.69, 9.17) is 11.6 Å². The van der Waals surface area contributed by atoms with Crippen LogP contribution in [0.4, 0.5) is 4.39 Å². The van der Waals surface area contributed by atoms with Crippen LogP contribution in [0.25, 0.3) is 0 Å². The maximum absolute atomic E-state index is 13.1. The Hall–Kier alpha value is -1.09. The third-order valence-electron chi connectivity index (χ3n) is 3.75. The number of alkyl halides is 1. The lowest BCUT2D eigenvalue weighted by Gasteiger charge is -2.36. The first kappa shape index (κ1) is 14.3. The van der Waals surface area contributed by atoms with Gasteiger partial charge in [0.05, 0.1) is 0 Å². The number of rotatable bonds is 3. The average molecular weight is 284 g/mol. The first-order valence-electron chi connectivity index (χ1n) is 6.76. The van der Waals surface area contributed by atoms with Gasteiger partial charge >= 0.3 is 0 Å². The van der Waals surface area contributed by atoms with E-state index in [9.17, 15) is 9.18 Å². The second-order valence-electron chi connectivity index (χ2n) is 5.09. The van der Waals surface area contributed by atoms with Gasteiger partial charge in [-0.2, -0.15) is 0 Å². The smallest absolute Gasteiger partial charge is 0.254 e. The fourth-order valence-electron chi connectivity index (χ4n) is 2.72. The maximum Gasteiger partial charge on any atom is 0.254 e. The molecule has 0 spiro atoms. The minimum absolute atomic E-state index is 0.00677.